The second kappa shape index (κ2) is 7.82. The van der Waals surface area contributed by atoms with Crippen LogP contribution in [0.3, 0.4) is 0 Å². The molecule has 1 aliphatic rings. The summed E-state index contributed by atoms with van der Waals surface area (Å²) in [5.41, 5.74) is 1.41. The molecule has 28 heavy (non-hydrogen) atoms. The van der Waals surface area contributed by atoms with E-state index in [9.17, 15) is 9.59 Å². The van der Waals surface area contributed by atoms with Gasteiger partial charge >= 0.3 is 0 Å². The predicted molar refractivity (Wildman–Crippen MR) is 105 cm³/mol. The molecule has 1 saturated heterocycles. The van der Waals surface area contributed by atoms with Crippen molar-refractivity contribution in [3.63, 3.8) is 0 Å². The Morgan fingerprint density at radius 3 is 3.00 bits per heavy atom. The molecule has 144 valence electrons. The molecular weight excluding hydrogens is 358 g/mol. The van der Waals surface area contributed by atoms with Gasteiger partial charge in [0.1, 0.15) is 12.1 Å². The van der Waals surface area contributed by atoms with Crippen molar-refractivity contribution in [2.75, 3.05) is 20.3 Å². The minimum absolute atomic E-state index is 0.0811. The fraction of sp³-hybridized carbons (Fsp3) is 0.286. The van der Waals surface area contributed by atoms with Gasteiger partial charge in [-0.3, -0.25) is 14.2 Å². The first kappa shape index (κ1) is 18.2. The number of ether oxygens (including phenoxy) is 2. The number of carbonyl (C=O) groups excluding carboxylic acids is 1. The molecule has 0 aliphatic carbocycles. The fourth-order valence-electron chi connectivity index (χ4n) is 3.32. The number of aromatic nitrogens is 2. The number of hydrogen-bond acceptors (Lipinski definition) is 5. The van der Waals surface area contributed by atoms with Crippen molar-refractivity contribution >= 4 is 16.8 Å². The van der Waals surface area contributed by atoms with Gasteiger partial charge < -0.3 is 14.8 Å². The van der Waals surface area contributed by atoms with Crippen LogP contribution in [0.25, 0.3) is 16.6 Å². The van der Waals surface area contributed by atoms with E-state index >= 15 is 0 Å². The first-order valence-corrected chi connectivity index (χ1v) is 9.21. The SMILES string of the molecule is COc1cccc(-n2cnc3cc(C(=O)NCC4CCCO4)ccc3c2=O)c1. The maximum atomic E-state index is 12.9. The molecule has 3 aromatic rings. The van der Waals surface area contributed by atoms with Crippen LogP contribution in [0.1, 0.15) is 23.2 Å². The third-order valence-electron chi connectivity index (χ3n) is 4.87. The number of rotatable bonds is 5. The molecular formula is C21H21N3O4. The Labute approximate surface area is 161 Å². The van der Waals surface area contributed by atoms with E-state index in [0.717, 1.165) is 19.4 Å². The summed E-state index contributed by atoms with van der Waals surface area (Å²) in [7, 11) is 1.58. The van der Waals surface area contributed by atoms with E-state index in [0.29, 0.717) is 34.4 Å². The summed E-state index contributed by atoms with van der Waals surface area (Å²) < 4.78 is 12.2. The molecule has 7 heteroatoms. The highest BCUT2D eigenvalue weighted by molar-refractivity contribution is 5.97. The van der Waals surface area contributed by atoms with Gasteiger partial charge in [0.25, 0.3) is 11.5 Å². The van der Waals surface area contributed by atoms with Gasteiger partial charge in [0.2, 0.25) is 0 Å². The summed E-state index contributed by atoms with van der Waals surface area (Å²) in [5.74, 6) is 0.457. The number of fused-ring (bicyclic) bond motifs is 1. The minimum Gasteiger partial charge on any atom is -0.497 e. The van der Waals surface area contributed by atoms with Crippen molar-refractivity contribution < 1.29 is 14.3 Å². The van der Waals surface area contributed by atoms with E-state index in [-0.39, 0.29) is 17.6 Å². The second-order valence-electron chi connectivity index (χ2n) is 6.70. The number of benzene rings is 2. The molecule has 0 saturated carbocycles. The zero-order chi connectivity index (χ0) is 19.5. The number of amides is 1. The van der Waals surface area contributed by atoms with Crippen LogP contribution in [0.4, 0.5) is 0 Å². The summed E-state index contributed by atoms with van der Waals surface area (Å²) in [6.07, 6.45) is 3.54. The molecule has 0 spiro atoms. The van der Waals surface area contributed by atoms with Gasteiger partial charge in [-0.15, -0.1) is 0 Å². The van der Waals surface area contributed by atoms with Crippen LogP contribution < -0.4 is 15.6 Å². The highest BCUT2D eigenvalue weighted by Crippen LogP contribution is 2.17. The monoisotopic (exact) mass is 379 g/mol. The largest absolute Gasteiger partial charge is 0.497 e. The smallest absolute Gasteiger partial charge is 0.265 e. The predicted octanol–water partition coefficient (Wildman–Crippen LogP) is 2.30. The van der Waals surface area contributed by atoms with Crippen molar-refractivity contribution in [2.24, 2.45) is 0 Å². The average molecular weight is 379 g/mol. The van der Waals surface area contributed by atoms with Crippen LogP contribution in [0.2, 0.25) is 0 Å². The third kappa shape index (κ3) is 3.61. The van der Waals surface area contributed by atoms with Crippen LogP contribution in [-0.2, 0) is 4.74 Å². The molecule has 1 fully saturated rings. The summed E-state index contributed by atoms with van der Waals surface area (Å²) in [6, 6.07) is 12.1. The zero-order valence-electron chi connectivity index (χ0n) is 15.6. The average Bonchev–Trinajstić information content (AvgIpc) is 3.25. The van der Waals surface area contributed by atoms with E-state index in [1.54, 1.807) is 31.4 Å². The maximum Gasteiger partial charge on any atom is 0.265 e. The Kier molecular flexibility index (Phi) is 5.08. The molecule has 2 aromatic carbocycles. The van der Waals surface area contributed by atoms with Gasteiger partial charge in [-0.25, -0.2) is 4.98 Å². The van der Waals surface area contributed by atoms with Crippen LogP contribution in [0.5, 0.6) is 5.75 Å². The first-order valence-electron chi connectivity index (χ1n) is 9.21. The van der Waals surface area contributed by atoms with Gasteiger partial charge in [0.15, 0.2) is 0 Å². The summed E-state index contributed by atoms with van der Waals surface area (Å²) in [4.78, 5) is 29.6. The van der Waals surface area contributed by atoms with Crippen LogP contribution in [-0.4, -0.2) is 41.8 Å². The lowest BCUT2D eigenvalue weighted by Crippen LogP contribution is -2.31. The number of carbonyl (C=O) groups is 1. The Morgan fingerprint density at radius 2 is 2.21 bits per heavy atom. The number of nitrogens with zero attached hydrogens (tertiary/aromatic N) is 2. The van der Waals surface area contributed by atoms with Crippen molar-refractivity contribution in [1.82, 2.24) is 14.9 Å². The highest BCUT2D eigenvalue weighted by Gasteiger charge is 2.17. The number of methoxy groups -OCH3 is 1. The topological polar surface area (TPSA) is 82.5 Å². The molecule has 2 heterocycles. The highest BCUT2D eigenvalue weighted by atomic mass is 16.5. The molecule has 1 amide bonds. The molecule has 1 unspecified atom stereocenters. The van der Waals surface area contributed by atoms with Gasteiger partial charge in [-0.1, -0.05) is 6.07 Å². The van der Waals surface area contributed by atoms with E-state index in [4.69, 9.17) is 9.47 Å². The van der Waals surface area contributed by atoms with Gasteiger partial charge in [-0.05, 0) is 43.2 Å². The molecule has 1 aliphatic heterocycles. The number of nitrogens with one attached hydrogen (secondary N) is 1. The van der Waals surface area contributed by atoms with E-state index < -0.39 is 0 Å². The lowest BCUT2D eigenvalue weighted by Gasteiger charge is -2.11. The second-order valence-corrected chi connectivity index (χ2v) is 6.70. The Bertz CT molecular complexity index is 1070. The van der Waals surface area contributed by atoms with Gasteiger partial charge in [-0.2, -0.15) is 0 Å². The standard InChI is InChI=1S/C21H21N3O4/c1-27-16-5-2-4-15(11-16)24-13-23-19-10-14(7-8-18(19)21(24)26)20(25)22-12-17-6-3-9-28-17/h2,4-5,7-8,10-11,13,17H,3,6,9,12H2,1H3,(H,22,25). The summed E-state index contributed by atoms with van der Waals surface area (Å²) in [5, 5.41) is 3.33. The number of hydrogen-bond donors (Lipinski definition) is 1. The minimum atomic E-state index is -0.204. The van der Waals surface area contributed by atoms with Gasteiger partial charge in [0, 0.05) is 24.8 Å². The normalized spacial score (nSPS) is 16.2. The van der Waals surface area contributed by atoms with Crippen molar-refractivity contribution in [1.29, 1.82) is 0 Å². The fourth-order valence-corrected chi connectivity index (χ4v) is 3.32. The third-order valence-corrected chi connectivity index (χ3v) is 4.87. The Balaban J connectivity index is 1.60. The summed E-state index contributed by atoms with van der Waals surface area (Å²) >= 11 is 0. The van der Waals surface area contributed by atoms with Crippen LogP contribution in [0.15, 0.2) is 53.6 Å². The van der Waals surface area contributed by atoms with Crippen LogP contribution in [0, 0.1) is 0 Å². The van der Waals surface area contributed by atoms with Crippen molar-refractivity contribution in [3.8, 4) is 11.4 Å². The van der Waals surface area contributed by atoms with Gasteiger partial charge in [0.05, 0.1) is 29.8 Å². The molecule has 7 nitrogen and oxygen atoms in total. The zero-order valence-corrected chi connectivity index (χ0v) is 15.6. The lowest BCUT2D eigenvalue weighted by atomic mass is 10.1. The van der Waals surface area contributed by atoms with E-state index in [1.807, 2.05) is 18.2 Å². The molecule has 0 bridgehead atoms. The lowest BCUT2D eigenvalue weighted by molar-refractivity contribution is 0.0858. The molecule has 0 radical (unpaired) electrons. The Morgan fingerprint density at radius 1 is 1.32 bits per heavy atom. The Hall–Kier alpha value is -3.19. The maximum absolute atomic E-state index is 12.9. The molecule has 1 N–H and O–H groups in total. The van der Waals surface area contributed by atoms with Crippen molar-refractivity contribution in [2.45, 2.75) is 18.9 Å². The van der Waals surface area contributed by atoms with Crippen molar-refractivity contribution in [3.05, 3.63) is 64.7 Å². The quantitative estimate of drug-likeness (QED) is 0.736. The first-order chi connectivity index (χ1) is 13.7. The van der Waals surface area contributed by atoms with E-state index in [1.165, 1.54) is 10.9 Å². The molecule has 4 rings (SSSR count). The summed E-state index contributed by atoms with van der Waals surface area (Å²) in [6.45, 7) is 1.24. The molecule has 1 aromatic heterocycles. The molecule has 1 atom stereocenters. The van der Waals surface area contributed by atoms with E-state index in [2.05, 4.69) is 10.3 Å². The van der Waals surface area contributed by atoms with Crippen LogP contribution >= 0.6 is 0 Å².